The third-order valence-corrected chi connectivity index (χ3v) is 9.72. The maximum Gasteiger partial charge on any atom is 0.273 e. The minimum Gasteiger partial charge on any atom is -0.319 e. The van der Waals surface area contributed by atoms with Crippen LogP contribution in [0.25, 0.3) is 66.7 Å². The summed E-state index contributed by atoms with van der Waals surface area (Å²) in [5.74, 6) is 0. The second kappa shape index (κ2) is 7.74. The van der Waals surface area contributed by atoms with E-state index in [0.29, 0.717) is 0 Å². The average Bonchev–Trinajstić information content (AvgIpc) is 3.65. The van der Waals surface area contributed by atoms with Gasteiger partial charge in [-0.15, -0.1) is 0 Å². The number of hydrogen-bond donors (Lipinski definition) is 0. The summed E-state index contributed by atoms with van der Waals surface area (Å²) >= 11 is 0. The first-order valence-electron chi connectivity index (χ1n) is 14.8. The molecule has 4 heteroatoms. The summed E-state index contributed by atoms with van der Waals surface area (Å²) < 4.78 is 7.66. The summed E-state index contributed by atoms with van der Waals surface area (Å²) in [6.45, 7) is 4.51. The zero-order valence-corrected chi connectivity index (χ0v) is 23.5. The first-order chi connectivity index (χ1) is 20.8. The summed E-state index contributed by atoms with van der Waals surface area (Å²) in [6.07, 6.45) is 4.46. The van der Waals surface area contributed by atoms with E-state index in [-0.39, 0.29) is 6.71 Å². The number of aromatic nitrogens is 3. The number of benzene rings is 5. The molecular formula is C38H26BN3. The second-order valence-corrected chi connectivity index (χ2v) is 11.7. The maximum atomic E-state index is 2.59. The van der Waals surface area contributed by atoms with E-state index >= 15 is 0 Å². The summed E-state index contributed by atoms with van der Waals surface area (Å²) in [7, 11) is 0. The number of aryl methyl sites for hydroxylation is 1. The van der Waals surface area contributed by atoms with Gasteiger partial charge in [0.1, 0.15) is 0 Å². The Labute approximate surface area is 243 Å². The van der Waals surface area contributed by atoms with Gasteiger partial charge in [-0.3, -0.25) is 0 Å². The van der Waals surface area contributed by atoms with Crippen molar-refractivity contribution in [1.29, 1.82) is 0 Å². The first kappa shape index (κ1) is 22.5. The second-order valence-electron chi connectivity index (χ2n) is 11.7. The van der Waals surface area contributed by atoms with E-state index in [1.54, 1.807) is 0 Å². The Morgan fingerprint density at radius 3 is 2.10 bits per heavy atom. The third-order valence-electron chi connectivity index (χ3n) is 9.72. The van der Waals surface area contributed by atoms with E-state index in [1.165, 1.54) is 88.5 Å². The quantitative estimate of drug-likeness (QED) is 0.209. The average molecular weight is 535 g/mol. The lowest BCUT2D eigenvalue weighted by Gasteiger charge is -2.33. The van der Waals surface area contributed by atoms with E-state index in [0.717, 1.165) is 0 Å². The van der Waals surface area contributed by atoms with Gasteiger partial charge >= 0.3 is 0 Å². The predicted octanol–water partition coefficient (Wildman–Crippen LogP) is 7.16. The molecule has 10 rings (SSSR count). The monoisotopic (exact) mass is 535 g/mol. The molecule has 0 unspecified atom stereocenters. The van der Waals surface area contributed by atoms with Gasteiger partial charge in [0.05, 0.1) is 27.8 Å². The van der Waals surface area contributed by atoms with Gasteiger partial charge in [0.2, 0.25) is 0 Å². The summed E-state index contributed by atoms with van der Waals surface area (Å²) in [5, 5.41) is 5.28. The molecule has 0 radical (unpaired) electrons. The van der Waals surface area contributed by atoms with Crippen molar-refractivity contribution in [3.63, 3.8) is 0 Å². The van der Waals surface area contributed by atoms with Gasteiger partial charge in [-0.1, -0.05) is 78.9 Å². The summed E-state index contributed by atoms with van der Waals surface area (Å²) in [4.78, 5) is 0. The van der Waals surface area contributed by atoms with Crippen LogP contribution in [0.4, 0.5) is 0 Å². The standard InChI is InChI=1S/C38H26BN3/c1-3-13-30-23(2)27-22-28-25-16-7-10-19-31(25)42-36(28)34-35(27)41(30)33-21-12-9-18-29(33)39(34)38-37(42)26-17-8-11-20-32(26)40(38)24-14-5-4-6-15-24/h3-22H,1-2H3/b13-3-. The Morgan fingerprint density at radius 2 is 1.29 bits per heavy atom. The molecule has 2 aliphatic heterocycles. The van der Waals surface area contributed by atoms with Gasteiger partial charge in [0, 0.05) is 44.2 Å². The van der Waals surface area contributed by atoms with Crippen LogP contribution in [0.15, 0.2) is 115 Å². The zero-order chi connectivity index (χ0) is 27.7. The molecule has 0 spiro atoms. The normalized spacial score (nSPS) is 13.3. The fourth-order valence-electron chi connectivity index (χ4n) is 8.19. The van der Waals surface area contributed by atoms with Crippen LogP contribution in [-0.2, 0) is 0 Å². The van der Waals surface area contributed by atoms with E-state index in [1.807, 2.05) is 0 Å². The molecule has 5 aromatic carbocycles. The lowest BCUT2D eigenvalue weighted by molar-refractivity contribution is 1.09. The van der Waals surface area contributed by atoms with Crippen LogP contribution in [0.3, 0.4) is 0 Å². The fourth-order valence-corrected chi connectivity index (χ4v) is 8.19. The van der Waals surface area contributed by atoms with E-state index in [2.05, 4.69) is 149 Å². The van der Waals surface area contributed by atoms with Gasteiger partial charge in [-0.25, -0.2) is 0 Å². The molecule has 42 heavy (non-hydrogen) atoms. The molecule has 196 valence electrons. The molecule has 0 N–H and O–H groups in total. The van der Waals surface area contributed by atoms with Crippen molar-refractivity contribution in [3.05, 3.63) is 127 Å². The van der Waals surface area contributed by atoms with Crippen molar-refractivity contribution in [2.45, 2.75) is 13.8 Å². The molecule has 8 aromatic rings. The largest absolute Gasteiger partial charge is 0.319 e. The van der Waals surface area contributed by atoms with Crippen molar-refractivity contribution >= 4 is 72.9 Å². The van der Waals surface area contributed by atoms with Crippen LogP contribution in [0, 0.1) is 6.92 Å². The number of para-hydroxylation sites is 4. The minimum absolute atomic E-state index is 0.0899. The highest BCUT2D eigenvalue weighted by Gasteiger charge is 2.44. The Kier molecular flexibility index (Phi) is 4.14. The summed E-state index contributed by atoms with van der Waals surface area (Å²) in [5.41, 5.74) is 15.7. The van der Waals surface area contributed by atoms with Crippen LogP contribution in [0.1, 0.15) is 18.2 Å². The zero-order valence-electron chi connectivity index (χ0n) is 23.5. The van der Waals surface area contributed by atoms with Crippen molar-refractivity contribution in [1.82, 2.24) is 13.7 Å². The number of fused-ring (bicyclic) bond motifs is 11. The summed E-state index contributed by atoms with van der Waals surface area (Å²) in [6, 6.07) is 40.4. The van der Waals surface area contributed by atoms with Gasteiger partial charge in [0.25, 0.3) is 6.71 Å². The number of rotatable bonds is 2. The van der Waals surface area contributed by atoms with Gasteiger partial charge in [-0.05, 0) is 72.8 Å². The Balaban J connectivity index is 1.55. The molecule has 0 atom stereocenters. The number of nitrogens with zero attached hydrogens (tertiary/aromatic N) is 3. The molecule has 0 saturated heterocycles. The highest BCUT2D eigenvalue weighted by atomic mass is 15.1. The minimum atomic E-state index is 0.0899. The third kappa shape index (κ3) is 2.47. The molecular weight excluding hydrogens is 509 g/mol. The van der Waals surface area contributed by atoms with Crippen LogP contribution >= 0.6 is 0 Å². The van der Waals surface area contributed by atoms with Crippen molar-refractivity contribution < 1.29 is 0 Å². The van der Waals surface area contributed by atoms with Crippen LogP contribution in [0.5, 0.6) is 0 Å². The molecule has 0 fully saturated rings. The molecule has 3 nitrogen and oxygen atoms in total. The lowest BCUT2D eigenvalue weighted by atomic mass is 9.35. The highest BCUT2D eigenvalue weighted by molar-refractivity contribution is 7.00. The van der Waals surface area contributed by atoms with Crippen LogP contribution in [-0.4, -0.2) is 20.4 Å². The van der Waals surface area contributed by atoms with E-state index < -0.39 is 0 Å². The maximum absolute atomic E-state index is 2.59. The fraction of sp³-hybridized carbons (Fsp3) is 0.0526. The lowest BCUT2D eigenvalue weighted by Crippen LogP contribution is -2.61. The molecule has 0 amide bonds. The number of allylic oxidation sites excluding steroid dienone is 1. The molecule has 2 aliphatic rings. The van der Waals surface area contributed by atoms with Crippen LogP contribution < -0.4 is 16.5 Å². The molecule has 0 aliphatic carbocycles. The van der Waals surface area contributed by atoms with E-state index in [4.69, 9.17) is 0 Å². The molecule has 3 aromatic heterocycles. The van der Waals surface area contributed by atoms with Gasteiger partial charge < -0.3 is 13.7 Å². The van der Waals surface area contributed by atoms with Gasteiger partial charge in [-0.2, -0.15) is 0 Å². The SMILES string of the molecule is C/C=C\c1c(C)c2cc3c4ccccc4n4c3c3c2n1-c1ccccc1B3c1c-4c2ccccc2n1-c1ccccc1. The first-order valence-corrected chi connectivity index (χ1v) is 14.8. The molecule has 0 saturated carbocycles. The van der Waals surface area contributed by atoms with Crippen molar-refractivity contribution in [3.8, 4) is 17.1 Å². The molecule has 5 heterocycles. The Hall–Kier alpha value is -5.22. The smallest absolute Gasteiger partial charge is 0.273 e. The van der Waals surface area contributed by atoms with Crippen molar-refractivity contribution in [2.75, 3.05) is 0 Å². The number of hydrogen-bond acceptors (Lipinski definition) is 0. The van der Waals surface area contributed by atoms with E-state index in [9.17, 15) is 0 Å². The topological polar surface area (TPSA) is 14.8 Å². The Bertz CT molecular complexity index is 2490. The van der Waals surface area contributed by atoms with Crippen molar-refractivity contribution in [2.24, 2.45) is 0 Å². The highest BCUT2D eigenvalue weighted by Crippen LogP contribution is 2.43. The Morgan fingerprint density at radius 1 is 0.619 bits per heavy atom. The molecule has 0 bridgehead atoms. The van der Waals surface area contributed by atoms with Gasteiger partial charge in [0.15, 0.2) is 0 Å². The van der Waals surface area contributed by atoms with Crippen LogP contribution in [0.2, 0.25) is 0 Å². The predicted molar refractivity (Wildman–Crippen MR) is 179 cm³/mol.